The van der Waals surface area contributed by atoms with Gasteiger partial charge in [-0.15, -0.1) is 0 Å². The Morgan fingerprint density at radius 2 is 2.00 bits per heavy atom. The normalized spacial score (nSPS) is 13.6. The van der Waals surface area contributed by atoms with Crippen LogP contribution in [0.5, 0.6) is 0 Å². The Bertz CT molecular complexity index is 438. The van der Waals surface area contributed by atoms with Gasteiger partial charge in [-0.2, -0.15) is 0 Å². The van der Waals surface area contributed by atoms with Crippen molar-refractivity contribution in [2.24, 2.45) is 0 Å². The summed E-state index contributed by atoms with van der Waals surface area (Å²) in [5.41, 5.74) is -0.407. The molecule has 0 aromatic heterocycles. The molecule has 2 nitrogen and oxygen atoms in total. The monoisotopic (exact) mass is 335 g/mol. The second-order valence-electron chi connectivity index (χ2n) is 5.04. The minimum absolute atomic E-state index is 0.0568. The van der Waals surface area contributed by atoms with Crippen molar-refractivity contribution in [1.29, 1.82) is 0 Å². The second kappa shape index (κ2) is 6.77. The first kappa shape index (κ1) is 16.5. The van der Waals surface area contributed by atoms with Gasteiger partial charge in [0.25, 0.3) is 0 Å². The van der Waals surface area contributed by atoms with E-state index in [0.717, 1.165) is 0 Å². The van der Waals surface area contributed by atoms with Crippen LogP contribution in [0.1, 0.15) is 38.8 Å². The van der Waals surface area contributed by atoms with Gasteiger partial charge in [0.05, 0.1) is 10.1 Å². The van der Waals surface area contributed by atoms with Crippen LogP contribution in [0, 0.1) is 11.6 Å². The first-order valence-electron chi connectivity index (χ1n) is 6.24. The van der Waals surface area contributed by atoms with Crippen molar-refractivity contribution in [3.63, 3.8) is 0 Å². The van der Waals surface area contributed by atoms with E-state index < -0.39 is 23.3 Å². The Morgan fingerprint density at radius 1 is 1.37 bits per heavy atom. The number of hydrogen-bond acceptors (Lipinski definition) is 2. The van der Waals surface area contributed by atoms with Crippen LogP contribution in [0.3, 0.4) is 0 Å². The van der Waals surface area contributed by atoms with Crippen LogP contribution in [-0.4, -0.2) is 19.3 Å². The van der Waals surface area contributed by atoms with Gasteiger partial charge in [0.2, 0.25) is 0 Å². The third-order valence-corrected chi connectivity index (χ3v) is 3.74. The fraction of sp³-hybridized carbons (Fsp3) is 0.571. The summed E-state index contributed by atoms with van der Waals surface area (Å²) >= 11 is 3.10. The van der Waals surface area contributed by atoms with Gasteiger partial charge in [-0.25, -0.2) is 8.78 Å². The summed E-state index contributed by atoms with van der Waals surface area (Å²) < 4.78 is 33.7. The molecule has 0 amide bonds. The number of benzene rings is 1. The molecule has 19 heavy (non-hydrogen) atoms. The van der Waals surface area contributed by atoms with E-state index in [1.807, 2.05) is 20.8 Å². The highest BCUT2D eigenvalue weighted by molar-refractivity contribution is 9.10. The van der Waals surface area contributed by atoms with E-state index in [4.69, 9.17) is 4.74 Å². The molecule has 0 radical (unpaired) electrons. The lowest BCUT2D eigenvalue weighted by atomic mass is 9.93. The van der Waals surface area contributed by atoms with Gasteiger partial charge in [0, 0.05) is 18.7 Å². The van der Waals surface area contributed by atoms with Gasteiger partial charge in [0.1, 0.15) is 11.6 Å². The second-order valence-corrected chi connectivity index (χ2v) is 5.89. The molecule has 1 atom stereocenters. The third-order valence-electron chi connectivity index (χ3n) is 3.13. The summed E-state index contributed by atoms with van der Waals surface area (Å²) in [4.78, 5) is 0. The zero-order chi connectivity index (χ0) is 14.6. The summed E-state index contributed by atoms with van der Waals surface area (Å²) in [5.74, 6) is -1.10. The fourth-order valence-corrected chi connectivity index (χ4v) is 2.31. The first-order valence-corrected chi connectivity index (χ1v) is 7.03. The van der Waals surface area contributed by atoms with Gasteiger partial charge in [-0.05, 0) is 54.9 Å². The standard InChI is InChI=1S/C14H20BrF2NO/c1-5-18-11(8-14(2,3)19-4)12-10(16)7-6-9(15)13(12)17/h6-7,11,18H,5,8H2,1-4H3. The van der Waals surface area contributed by atoms with Crippen molar-refractivity contribution < 1.29 is 13.5 Å². The minimum atomic E-state index is -0.558. The van der Waals surface area contributed by atoms with E-state index in [0.29, 0.717) is 13.0 Å². The van der Waals surface area contributed by atoms with Crippen LogP contribution >= 0.6 is 15.9 Å². The lowest BCUT2D eigenvalue weighted by Crippen LogP contribution is -2.33. The van der Waals surface area contributed by atoms with E-state index in [-0.39, 0.29) is 10.0 Å². The molecular formula is C14H20BrF2NO. The Kier molecular flexibility index (Phi) is 5.89. The molecule has 1 aromatic carbocycles. The van der Waals surface area contributed by atoms with E-state index >= 15 is 0 Å². The maximum absolute atomic E-state index is 14.1. The Hall–Kier alpha value is -0.520. The molecule has 0 fully saturated rings. The maximum Gasteiger partial charge on any atom is 0.145 e. The SMILES string of the molecule is CCNC(CC(C)(C)OC)c1c(F)ccc(Br)c1F. The number of nitrogens with one attached hydrogen (secondary N) is 1. The lowest BCUT2D eigenvalue weighted by Gasteiger charge is -2.29. The highest BCUT2D eigenvalue weighted by Crippen LogP contribution is 2.32. The Morgan fingerprint density at radius 3 is 2.53 bits per heavy atom. The van der Waals surface area contributed by atoms with E-state index in [9.17, 15) is 8.78 Å². The van der Waals surface area contributed by atoms with Crippen molar-refractivity contribution in [1.82, 2.24) is 5.32 Å². The predicted molar refractivity (Wildman–Crippen MR) is 76.2 cm³/mol. The Labute approximate surface area is 121 Å². The summed E-state index contributed by atoms with van der Waals surface area (Å²) in [5, 5.41) is 3.12. The lowest BCUT2D eigenvalue weighted by molar-refractivity contribution is 0.00642. The predicted octanol–water partition coefficient (Wildman–Crippen LogP) is 4.19. The van der Waals surface area contributed by atoms with Gasteiger partial charge in [-0.1, -0.05) is 6.92 Å². The molecule has 0 saturated heterocycles. The van der Waals surface area contributed by atoms with Crippen LogP contribution in [0.4, 0.5) is 8.78 Å². The molecule has 0 aliphatic heterocycles. The molecule has 0 heterocycles. The molecule has 1 unspecified atom stereocenters. The smallest absolute Gasteiger partial charge is 0.145 e. The topological polar surface area (TPSA) is 21.3 Å². The van der Waals surface area contributed by atoms with Gasteiger partial charge in [0.15, 0.2) is 0 Å². The highest BCUT2D eigenvalue weighted by atomic mass is 79.9. The van der Waals surface area contributed by atoms with Crippen LogP contribution < -0.4 is 5.32 Å². The molecule has 0 aliphatic carbocycles. The molecule has 0 saturated carbocycles. The summed E-state index contributed by atoms with van der Waals surface area (Å²) in [7, 11) is 1.59. The van der Waals surface area contributed by atoms with E-state index in [1.165, 1.54) is 12.1 Å². The average Bonchev–Trinajstić information content (AvgIpc) is 2.34. The molecular weight excluding hydrogens is 316 g/mol. The summed E-state index contributed by atoms with van der Waals surface area (Å²) in [6.07, 6.45) is 0.474. The van der Waals surface area contributed by atoms with Gasteiger partial charge in [-0.3, -0.25) is 0 Å². The van der Waals surface area contributed by atoms with Crippen molar-refractivity contribution in [2.45, 2.75) is 38.8 Å². The third kappa shape index (κ3) is 4.23. The van der Waals surface area contributed by atoms with Crippen LogP contribution in [0.2, 0.25) is 0 Å². The molecule has 0 bridgehead atoms. The van der Waals surface area contributed by atoms with Crippen LogP contribution in [-0.2, 0) is 4.74 Å². The maximum atomic E-state index is 14.1. The molecule has 5 heteroatoms. The van der Waals surface area contributed by atoms with Crippen molar-refractivity contribution in [3.8, 4) is 0 Å². The van der Waals surface area contributed by atoms with Crippen LogP contribution in [0.15, 0.2) is 16.6 Å². The Balaban J connectivity index is 3.16. The van der Waals surface area contributed by atoms with Gasteiger partial charge < -0.3 is 10.1 Å². The molecule has 0 spiro atoms. The number of hydrogen-bond donors (Lipinski definition) is 1. The van der Waals surface area contributed by atoms with E-state index in [2.05, 4.69) is 21.2 Å². The minimum Gasteiger partial charge on any atom is -0.379 e. The molecule has 0 aliphatic rings. The number of rotatable bonds is 6. The quantitative estimate of drug-likeness (QED) is 0.787. The molecule has 1 N–H and O–H groups in total. The van der Waals surface area contributed by atoms with Crippen LogP contribution in [0.25, 0.3) is 0 Å². The van der Waals surface area contributed by atoms with Crippen molar-refractivity contribution in [2.75, 3.05) is 13.7 Å². The first-order chi connectivity index (χ1) is 8.82. The fourth-order valence-electron chi connectivity index (χ4n) is 1.96. The molecule has 108 valence electrons. The largest absolute Gasteiger partial charge is 0.379 e. The number of methoxy groups -OCH3 is 1. The van der Waals surface area contributed by atoms with Crippen molar-refractivity contribution >= 4 is 15.9 Å². The summed E-state index contributed by atoms with van der Waals surface area (Å²) in [6, 6.07) is 2.21. The van der Waals surface area contributed by atoms with Crippen molar-refractivity contribution in [3.05, 3.63) is 33.8 Å². The van der Waals surface area contributed by atoms with Gasteiger partial charge >= 0.3 is 0 Å². The zero-order valence-electron chi connectivity index (χ0n) is 11.7. The van der Waals surface area contributed by atoms with E-state index in [1.54, 1.807) is 7.11 Å². The molecule has 1 rings (SSSR count). The summed E-state index contributed by atoms with van der Waals surface area (Å²) in [6.45, 7) is 6.31. The average molecular weight is 336 g/mol. The molecule has 1 aromatic rings. The zero-order valence-corrected chi connectivity index (χ0v) is 13.3. The highest BCUT2D eigenvalue weighted by Gasteiger charge is 2.28. The number of halogens is 3. The number of ether oxygens (including phenoxy) is 1.